The summed E-state index contributed by atoms with van der Waals surface area (Å²) in [5, 5.41) is 0. The van der Waals surface area contributed by atoms with Gasteiger partial charge in [-0.2, -0.15) is 0 Å². The van der Waals surface area contributed by atoms with E-state index in [0.29, 0.717) is 39.1 Å². The Morgan fingerprint density at radius 1 is 1.06 bits per heavy atom. The van der Waals surface area contributed by atoms with Gasteiger partial charge in [0.1, 0.15) is 18.8 Å². The molecule has 0 unspecified atom stereocenters. The molecule has 1 aromatic rings. The molecule has 3 aliphatic rings. The number of benzene rings is 1. The van der Waals surface area contributed by atoms with Crippen LogP contribution in [0.15, 0.2) is 18.2 Å². The molecule has 32 heavy (non-hydrogen) atoms. The molecule has 4 rings (SSSR count). The third-order valence-corrected chi connectivity index (χ3v) is 6.60. The summed E-state index contributed by atoms with van der Waals surface area (Å²) >= 11 is 0. The van der Waals surface area contributed by atoms with Crippen LogP contribution in [-0.4, -0.2) is 71.6 Å². The molecular weight excluding hydrogens is 430 g/mol. The standard InChI is InChI=1S/C24H35N3O4.ClH/c1-4-5-10-27-23(29)26(16-18(2)3)22(28)24(27)8-11-25(12-9-24)17-19-6-7-20-21(15-19)31-14-13-30-20;/h6-7,15,18H,4-5,8-14,16-17H2,1-3H3;1H. The summed E-state index contributed by atoms with van der Waals surface area (Å²) in [5.41, 5.74) is 0.517. The van der Waals surface area contributed by atoms with Gasteiger partial charge in [0.05, 0.1) is 0 Å². The number of nitrogens with zero attached hydrogens (tertiary/aromatic N) is 3. The predicted molar refractivity (Wildman–Crippen MR) is 125 cm³/mol. The van der Waals surface area contributed by atoms with E-state index in [1.807, 2.05) is 11.0 Å². The predicted octanol–water partition coefficient (Wildman–Crippen LogP) is 3.93. The maximum Gasteiger partial charge on any atom is 0.327 e. The van der Waals surface area contributed by atoms with E-state index in [2.05, 4.69) is 37.8 Å². The fourth-order valence-corrected chi connectivity index (χ4v) is 4.94. The zero-order valence-electron chi connectivity index (χ0n) is 19.5. The zero-order chi connectivity index (χ0) is 22.0. The van der Waals surface area contributed by atoms with E-state index in [1.54, 1.807) is 0 Å². The molecule has 178 valence electrons. The number of carbonyl (C=O) groups excluding carboxylic acids is 2. The van der Waals surface area contributed by atoms with Crippen LogP contribution in [0.2, 0.25) is 0 Å². The second-order valence-corrected chi connectivity index (χ2v) is 9.38. The van der Waals surface area contributed by atoms with Gasteiger partial charge in [-0.25, -0.2) is 4.79 Å². The van der Waals surface area contributed by atoms with E-state index < -0.39 is 5.54 Å². The molecule has 3 amide bonds. The average molecular weight is 466 g/mol. The SMILES string of the molecule is CCCCN1C(=O)N(CC(C)C)C(=O)C12CCN(Cc1ccc3c(c1)OCCO3)CC2.Cl. The Kier molecular flexibility index (Phi) is 7.93. The monoisotopic (exact) mass is 465 g/mol. The molecule has 1 aromatic carbocycles. The Hall–Kier alpha value is -1.99. The maximum absolute atomic E-state index is 13.4. The Labute approximate surface area is 197 Å². The third-order valence-electron chi connectivity index (χ3n) is 6.60. The Morgan fingerprint density at radius 3 is 2.41 bits per heavy atom. The Morgan fingerprint density at radius 2 is 1.75 bits per heavy atom. The molecule has 0 aliphatic carbocycles. The lowest BCUT2D eigenvalue weighted by Crippen LogP contribution is -2.56. The number of fused-ring (bicyclic) bond motifs is 1. The summed E-state index contributed by atoms with van der Waals surface area (Å²) < 4.78 is 11.3. The molecule has 2 saturated heterocycles. The number of urea groups is 1. The van der Waals surface area contributed by atoms with Crippen LogP contribution < -0.4 is 9.47 Å². The summed E-state index contributed by atoms with van der Waals surface area (Å²) in [4.78, 5) is 32.3. The van der Waals surface area contributed by atoms with Crippen LogP contribution in [0, 0.1) is 5.92 Å². The van der Waals surface area contributed by atoms with Crippen molar-refractivity contribution in [3.8, 4) is 11.5 Å². The largest absolute Gasteiger partial charge is 0.486 e. The first-order valence-electron chi connectivity index (χ1n) is 11.7. The van der Waals surface area contributed by atoms with Crippen LogP contribution in [-0.2, 0) is 11.3 Å². The summed E-state index contributed by atoms with van der Waals surface area (Å²) in [7, 11) is 0. The number of ether oxygens (including phenoxy) is 2. The first kappa shape index (κ1) is 24.6. The van der Waals surface area contributed by atoms with Crippen LogP contribution in [0.4, 0.5) is 4.79 Å². The first-order chi connectivity index (χ1) is 14.9. The fraction of sp³-hybridized carbons (Fsp3) is 0.667. The number of imide groups is 1. The van der Waals surface area contributed by atoms with Gasteiger partial charge < -0.3 is 14.4 Å². The molecule has 0 atom stereocenters. The minimum absolute atomic E-state index is 0. The number of carbonyl (C=O) groups is 2. The number of hydrogen-bond donors (Lipinski definition) is 0. The van der Waals surface area contributed by atoms with Crippen molar-refractivity contribution in [2.45, 2.75) is 58.5 Å². The highest BCUT2D eigenvalue weighted by Crippen LogP contribution is 2.38. The Balaban J connectivity index is 0.00000289. The van der Waals surface area contributed by atoms with Crippen LogP contribution >= 0.6 is 12.4 Å². The minimum atomic E-state index is -0.662. The van der Waals surface area contributed by atoms with E-state index in [9.17, 15) is 9.59 Å². The van der Waals surface area contributed by atoms with Crippen molar-refractivity contribution in [1.29, 1.82) is 0 Å². The van der Waals surface area contributed by atoms with Crippen molar-refractivity contribution < 1.29 is 19.1 Å². The lowest BCUT2D eigenvalue weighted by Gasteiger charge is -2.42. The highest BCUT2D eigenvalue weighted by atomic mass is 35.5. The van der Waals surface area contributed by atoms with Crippen molar-refractivity contribution in [2.24, 2.45) is 5.92 Å². The highest BCUT2D eigenvalue weighted by Gasteiger charge is 2.57. The van der Waals surface area contributed by atoms with Crippen molar-refractivity contribution in [2.75, 3.05) is 39.4 Å². The second-order valence-electron chi connectivity index (χ2n) is 9.38. The van der Waals surface area contributed by atoms with Crippen LogP contribution in [0.5, 0.6) is 11.5 Å². The van der Waals surface area contributed by atoms with Gasteiger partial charge >= 0.3 is 6.03 Å². The summed E-state index contributed by atoms with van der Waals surface area (Å²) in [6.07, 6.45) is 3.33. The molecule has 2 fully saturated rings. The molecule has 8 heteroatoms. The third kappa shape index (κ3) is 4.69. The zero-order valence-corrected chi connectivity index (χ0v) is 20.3. The van der Waals surface area contributed by atoms with Crippen molar-refractivity contribution in [3.05, 3.63) is 23.8 Å². The number of halogens is 1. The summed E-state index contributed by atoms with van der Waals surface area (Å²) in [6.45, 7) is 11.0. The quantitative estimate of drug-likeness (QED) is 0.571. The first-order valence-corrected chi connectivity index (χ1v) is 11.7. The minimum Gasteiger partial charge on any atom is -0.486 e. The molecule has 0 N–H and O–H groups in total. The lowest BCUT2D eigenvalue weighted by molar-refractivity contribution is -0.136. The highest BCUT2D eigenvalue weighted by molar-refractivity contribution is 6.07. The van der Waals surface area contributed by atoms with E-state index >= 15 is 0 Å². The lowest BCUT2D eigenvalue weighted by atomic mass is 9.85. The van der Waals surface area contributed by atoms with E-state index in [0.717, 1.165) is 44.0 Å². The molecule has 0 bridgehead atoms. The average Bonchev–Trinajstić information content (AvgIpc) is 2.95. The van der Waals surface area contributed by atoms with E-state index in [-0.39, 0.29) is 30.3 Å². The molecule has 1 spiro atoms. The molecule has 3 heterocycles. The van der Waals surface area contributed by atoms with Gasteiger partial charge in [0.2, 0.25) is 0 Å². The topological polar surface area (TPSA) is 62.3 Å². The molecule has 0 aromatic heterocycles. The number of amides is 3. The van der Waals surface area contributed by atoms with E-state index in [4.69, 9.17) is 9.47 Å². The molecule has 0 saturated carbocycles. The van der Waals surface area contributed by atoms with Gasteiger partial charge in [-0.1, -0.05) is 33.3 Å². The fourth-order valence-electron chi connectivity index (χ4n) is 4.94. The number of unbranched alkanes of at least 4 members (excludes halogenated alkanes) is 1. The number of piperidine rings is 1. The number of likely N-dealkylation sites (tertiary alicyclic amines) is 1. The van der Waals surface area contributed by atoms with Crippen LogP contribution in [0.1, 0.15) is 52.0 Å². The van der Waals surface area contributed by atoms with Gasteiger partial charge in [0, 0.05) is 32.7 Å². The van der Waals surface area contributed by atoms with Crippen LogP contribution in [0.25, 0.3) is 0 Å². The number of rotatable bonds is 7. The smallest absolute Gasteiger partial charge is 0.327 e. The number of hydrogen-bond acceptors (Lipinski definition) is 5. The summed E-state index contributed by atoms with van der Waals surface area (Å²) in [5.74, 6) is 1.90. The van der Waals surface area contributed by atoms with Gasteiger partial charge in [-0.15, -0.1) is 12.4 Å². The van der Waals surface area contributed by atoms with Crippen molar-refractivity contribution in [3.63, 3.8) is 0 Å². The van der Waals surface area contributed by atoms with Gasteiger partial charge in [0.15, 0.2) is 11.5 Å². The van der Waals surface area contributed by atoms with Gasteiger partial charge in [-0.3, -0.25) is 14.6 Å². The molecule has 3 aliphatic heterocycles. The molecule has 0 radical (unpaired) electrons. The normalized spacial score (nSPS) is 20.2. The van der Waals surface area contributed by atoms with Crippen molar-refractivity contribution in [1.82, 2.24) is 14.7 Å². The van der Waals surface area contributed by atoms with Crippen LogP contribution in [0.3, 0.4) is 0 Å². The molecular formula is C24H36ClN3O4. The summed E-state index contributed by atoms with van der Waals surface area (Å²) in [6, 6.07) is 6.03. The van der Waals surface area contributed by atoms with Gasteiger partial charge in [-0.05, 0) is 42.9 Å². The van der Waals surface area contributed by atoms with Crippen molar-refractivity contribution >= 4 is 24.3 Å². The maximum atomic E-state index is 13.4. The Bertz CT molecular complexity index is 823. The van der Waals surface area contributed by atoms with E-state index in [1.165, 1.54) is 10.5 Å². The molecule has 7 nitrogen and oxygen atoms in total. The van der Waals surface area contributed by atoms with Gasteiger partial charge in [0.25, 0.3) is 5.91 Å². The second kappa shape index (κ2) is 10.3.